The van der Waals surface area contributed by atoms with E-state index >= 15 is 0 Å². The first-order chi connectivity index (χ1) is 7.99. The first kappa shape index (κ1) is 13.7. The Hall–Kier alpha value is 0.230. The Morgan fingerprint density at radius 1 is 1.12 bits per heavy atom. The Labute approximate surface area is 127 Å². The Morgan fingerprint density at radius 3 is 2.35 bits per heavy atom. The molecule has 1 unspecified atom stereocenters. The summed E-state index contributed by atoms with van der Waals surface area (Å²) in [7, 11) is 0. The molecule has 2 rings (SSSR count). The number of nitrogens with two attached hydrogens (primary N) is 1. The summed E-state index contributed by atoms with van der Waals surface area (Å²) in [5.74, 6) is 0. The fourth-order valence-electron chi connectivity index (χ4n) is 1.49. The molecule has 0 aliphatic heterocycles. The van der Waals surface area contributed by atoms with Crippen LogP contribution in [0.15, 0.2) is 28.7 Å². The number of hydrogen-bond acceptors (Lipinski definition) is 2. The van der Waals surface area contributed by atoms with E-state index in [1.807, 2.05) is 12.1 Å². The summed E-state index contributed by atoms with van der Waals surface area (Å²) in [5.41, 5.74) is 7.77. The van der Waals surface area contributed by atoms with Gasteiger partial charge in [-0.15, -0.1) is 11.3 Å². The van der Waals surface area contributed by atoms with Gasteiger partial charge >= 0.3 is 0 Å². The van der Waals surface area contributed by atoms with Crippen LogP contribution in [-0.4, -0.2) is 0 Å². The summed E-state index contributed by atoms with van der Waals surface area (Å²) in [6.45, 7) is 0. The summed E-state index contributed by atoms with van der Waals surface area (Å²) in [6, 6.07) is 6.98. The summed E-state index contributed by atoms with van der Waals surface area (Å²) in [4.78, 5) is 0. The smallest absolute Gasteiger partial charge is 0.0995 e. The molecule has 0 bridgehead atoms. The van der Waals surface area contributed by atoms with Gasteiger partial charge in [0.15, 0.2) is 0 Å². The Kier molecular flexibility index (Phi) is 4.40. The number of rotatable bonds is 2. The molecule has 1 nitrogen and oxygen atoms in total. The van der Waals surface area contributed by atoms with Crippen molar-refractivity contribution < 1.29 is 0 Å². The number of benzene rings is 1. The van der Waals surface area contributed by atoms with Crippen molar-refractivity contribution in [3.05, 3.63) is 53.6 Å². The minimum atomic E-state index is -0.369. The lowest BCUT2D eigenvalue weighted by molar-refractivity contribution is 0.877. The monoisotopic (exact) mass is 369 g/mol. The molecule has 17 heavy (non-hydrogen) atoms. The van der Waals surface area contributed by atoms with Gasteiger partial charge in [0.05, 0.1) is 14.7 Å². The van der Waals surface area contributed by atoms with Crippen molar-refractivity contribution in [1.29, 1.82) is 0 Å². The third-order valence-corrected chi connectivity index (χ3v) is 4.65. The molecule has 0 spiro atoms. The maximum Gasteiger partial charge on any atom is 0.0995 e. The Morgan fingerprint density at radius 2 is 1.82 bits per heavy atom. The van der Waals surface area contributed by atoms with Gasteiger partial charge in [-0.25, -0.2) is 0 Å². The summed E-state index contributed by atoms with van der Waals surface area (Å²) >= 11 is 22.8. The molecule has 2 N–H and O–H groups in total. The van der Waals surface area contributed by atoms with Gasteiger partial charge in [0, 0.05) is 15.1 Å². The fourth-order valence-corrected chi connectivity index (χ4v) is 3.83. The Balaban J connectivity index is 2.43. The van der Waals surface area contributed by atoms with Crippen LogP contribution in [0.2, 0.25) is 13.7 Å². The average Bonchev–Trinajstić information content (AvgIpc) is 2.57. The van der Waals surface area contributed by atoms with Crippen molar-refractivity contribution >= 4 is 62.1 Å². The van der Waals surface area contributed by atoms with Gasteiger partial charge in [0.1, 0.15) is 0 Å². The molecular formula is C11H7BrCl3NS. The molecule has 6 heteroatoms. The average molecular weight is 372 g/mol. The summed E-state index contributed by atoms with van der Waals surface area (Å²) in [5, 5.41) is 0.602. The van der Waals surface area contributed by atoms with E-state index in [4.69, 9.17) is 40.5 Å². The lowest BCUT2D eigenvalue weighted by Gasteiger charge is -2.13. The zero-order chi connectivity index (χ0) is 12.6. The van der Waals surface area contributed by atoms with Gasteiger partial charge in [-0.05, 0) is 23.8 Å². The number of hydrogen-bond donors (Lipinski definition) is 1. The van der Waals surface area contributed by atoms with Gasteiger partial charge in [0.25, 0.3) is 0 Å². The van der Waals surface area contributed by atoms with E-state index in [-0.39, 0.29) is 6.04 Å². The van der Waals surface area contributed by atoms with Crippen molar-refractivity contribution in [2.45, 2.75) is 6.04 Å². The quantitative estimate of drug-likeness (QED) is 0.739. The van der Waals surface area contributed by atoms with Crippen molar-refractivity contribution in [2.75, 3.05) is 0 Å². The molecule has 1 aromatic heterocycles. The van der Waals surface area contributed by atoms with Crippen molar-refractivity contribution in [3.8, 4) is 0 Å². The molecule has 0 aliphatic rings. The third kappa shape index (κ3) is 2.98. The van der Waals surface area contributed by atoms with Crippen molar-refractivity contribution in [3.63, 3.8) is 0 Å². The topological polar surface area (TPSA) is 26.0 Å². The molecule has 90 valence electrons. The lowest BCUT2D eigenvalue weighted by atomic mass is 10.0. The maximum absolute atomic E-state index is 6.15. The van der Waals surface area contributed by atoms with Gasteiger partial charge in [-0.1, -0.05) is 56.8 Å². The highest BCUT2D eigenvalue weighted by atomic mass is 79.9. The highest BCUT2D eigenvalue weighted by Crippen LogP contribution is 2.38. The van der Waals surface area contributed by atoms with Crippen LogP contribution < -0.4 is 5.73 Å². The molecule has 1 heterocycles. The van der Waals surface area contributed by atoms with E-state index in [1.54, 1.807) is 12.1 Å². The molecule has 0 amide bonds. The normalized spacial score (nSPS) is 12.8. The van der Waals surface area contributed by atoms with Crippen LogP contribution in [0.25, 0.3) is 0 Å². The summed E-state index contributed by atoms with van der Waals surface area (Å²) < 4.78 is 2.13. The van der Waals surface area contributed by atoms with E-state index < -0.39 is 0 Å². The van der Waals surface area contributed by atoms with Gasteiger partial charge in [-0.2, -0.15) is 0 Å². The predicted octanol–water partition coefficient (Wildman–Crippen LogP) is 5.52. The predicted molar refractivity (Wildman–Crippen MR) is 79.5 cm³/mol. The van der Waals surface area contributed by atoms with Crippen LogP contribution in [0.4, 0.5) is 0 Å². The van der Waals surface area contributed by atoms with E-state index in [0.717, 1.165) is 15.6 Å². The lowest BCUT2D eigenvalue weighted by Crippen LogP contribution is -2.11. The number of thiophene rings is 1. The first-order valence-corrected chi connectivity index (χ1v) is 7.38. The van der Waals surface area contributed by atoms with E-state index in [9.17, 15) is 0 Å². The molecule has 0 radical (unpaired) electrons. The van der Waals surface area contributed by atoms with Gasteiger partial charge in [-0.3, -0.25) is 0 Å². The molecule has 0 saturated carbocycles. The van der Waals surface area contributed by atoms with Crippen LogP contribution in [0.1, 0.15) is 17.2 Å². The zero-order valence-corrected chi connectivity index (χ0v) is 13.1. The molecule has 0 aliphatic carbocycles. The summed E-state index contributed by atoms with van der Waals surface area (Å²) in [6.07, 6.45) is 0. The van der Waals surface area contributed by atoms with Crippen LogP contribution in [0.3, 0.4) is 0 Å². The largest absolute Gasteiger partial charge is 0.320 e. The van der Waals surface area contributed by atoms with E-state index in [2.05, 4.69) is 15.9 Å². The first-order valence-electron chi connectivity index (χ1n) is 4.64. The minimum absolute atomic E-state index is 0.369. The number of halogens is 4. The minimum Gasteiger partial charge on any atom is -0.320 e. The molecular weight excluding hydrogens is 364 g/mol. The van der Waals surface area contributed by atoms with E-state index in [0.29, 0.717) is 13.7 Å². The highest BCUT2D eigenvalue weighted by Gasteiger charge is 2.18. The molecule has 1 aromatic carbocycles. The zero-order valence-electron chi connectivity index (χ0n) is 8.38. The second kappa shape index (κ2) is 5.47. The highest BCUT2D eigenvalue weighted by molar-refractivity contribution is 9.10. The maximum atomic E-state index is 6.15. The van der Waals surface area contributed by atoms with Crippen LogP contribution in [0.5, 0.6) is 0 Å². The second-order valence-corrected chi connectivity index (χ2v) is 7.03. The standard InChI is InChI=1S/C11H7BrCl3NS/c12-5-1-2-6(8(13)3-5)10(16)7-4-9(14)17-11(7)15/h1-4,10H,16H2. The molecule has 0 saturated heterocycles. The third-order valence-electron chi connectivity index (χ3n) is 2.32. The second-order valence-electron chi connectivity index (χ2n) is 3.42. The van der Waals surface area contributed by atoms with Crippen molar-refractivity contribution in [2.24, 2.45) is 5.73 Å². The van der Waals surface area contributed by atoms with Crippen LogP contribution in [0, 0.1) is 0 Å². The van der Waals surface area contributed by atoms with Crippen LogP contribution in [-0.2, 0) is 0 Å². The van der Waals surface area contributed by atoms with Crippen molar-refractivity contribution in [1.82, 2.24) is 0 Å². The Bertz CT molecular complexity index is 556. The SMILES string of the molecule is NC(c1ccc(Br)cc1Cl)c1cc(Cl)sc1Cl. The van der Waals surface area contributed by atoms with E-state index in [1.165, 1.54) is 11.3 Å². The van der Waals surface area contributed by atoms with Crippen LogP contribution >= 0.6 is 62.1 Å². The van der Waals surface area contributed by atoms with Gasteiger partial charge in [0.2, 0.25) is 0 Å². The van der Waals surface area contributed by atoms with Gasteiger partial charge < -0.3 is 5.73 Å². The molecule has 1 atom stereocenters. The molecule has 2 aromatic rings. The molecule has 0 fully saturated rings. The fraction of sp³-hybridized carbons (Fsp3) is 0.0909.